The molecule has 0 aliphatic heterocycles. The molecule has 0 aromatic heterocycles. The Kier molecular flexibility index (Phi) is 4.90. The molecule has 1 aromatic carbocycles. The molecule has 0 bridgehead atoms. The zero-order valence-electron chi connectivity index (χ0n) is 10.0. The summed E-state index contributed by atoms with van der Waals surface area (Å²) < 4.78 is 12.9. The van der Waals surface area contributed by atoms with E-state index in [0.29, 0.717) is 18.1 Å². The summed E-state index contributed by atoms with van der Waals surface area (Å²) in [5.74, 6) is -0.167. The highest BCUT2D eigenvalue weighted by Gasteiger charge is 2.11. The number of rotatable bonds is 5. The number of nitrogens with two attached hydrogens (primary N) is 1. The molecule has 0 radical (unpaired) electrons. The van der Waals surface area contributed by atoms with Gasteiger partial charge in [-0.2, -0.15) is 0 Å². The normalized spacial score (nSPS) is 12.8. The smallest absolute Gasteiger partial charge is 0.124 e. The highest BCUT2D eigenvalue weighted by molar-refractivity contribution is 6.31. The second kappa shape index (κ2) is 5.98. The second-order valence-electron chi connectivity index (χ2n) is 4.29. The largest absolute Gasteiger partial charge is 0.387 e. The summed E-state index contributed by atoms with van der Waals surface area (Å²) >= 11 is 5.94. The summed E-state index contributed by atoms with van der Waals surface area (Å²) in [4.78, 5) is 2.01. The van der Waals surface area contributed by atoms with Crippen molar-refractivity contribution in [3.05, 3.63) is 34.6 Å². The van der Waals surface area contributed by atoms with Crippen LogP contribution in [0.5, 0.6) is 0 Å². The maximum atomic E-state index is 12.9. The Hall–Kier alpha value is -1.13. The molecule has 0 spiro atoms. The fourth-order valence-electron chi connectivity index (χ4n) is 1.57. The standard InChI is InChI=1S/C12H17ClFN3/c1-8(12(15)16)6-17(2)7-9-3-4-10(14)5-11(9)13/h3-5,8H,6-7H2,1-2H3,(H3,15,16). The van der Waals surface area contributed by atoms with Gasteiger partial charge in [-0.05, 0) is 24.7 Å². The van der Waals surface area contributed by atoms with Crippen molar-refractivity contribution < 1.29 is 4.39 Å². The molecule has 5 heteroatoms. The molecule has 0 fully saturated rings. The van der Waals surface area contributed by atoms with Crippen LogP contribution in [-0.2, 0) is 6.54 Å². The Bertz CT molecular complexity index is 409. The van der Waals surface area contributed by atoms with Crippen LogP contribution < -0.4 is 5.73 Å². The van der Waals surface area contributed by atoms with Gasteiger partial charge in [0.25, 0.3) is 0 Å². The van der Waals surface area contributed by atoms with Gasteiger partial charge in [0.05, 0.1) is 5.84 Å². The lowest BCUT2D eigenvalue weighted by molar-refractivity contribution is 0.306. The zero-order valence-corrected chi connectivity index (χ0v) is 10.8. The summed E-state index contributed by atoms with van der Waals surface area (Å²) in [5.41, 5.74) is 6.28. The Morgan fingerprint density at radius 3 is 2.76 bits per heavy atom. The van der Waals surface area contributed by atoms with Crippen LogP contribution >= 0.6 is 11.6 Å². The van der Waals surface area contributed by atoms with Crippen LogP contribution in [0.1, 0.15) is 12.5 Å². The van der Waals surface area contributed by atoms with Gasteiger partial charge in [0.1, 0.15) is 5.82 Å². The Balaban J connectivity index is 2.62. The van der Waals surface area contributed by atoms with Gasteiger partial charge < -0.3 is 10.6 Å². The molecule has 0 saturated carbocycles. The van der Waals surface area contributed by atoms with Crippen LogP contribution in [0.25, 0.3) is 0 Å². The van der Waals surface area contributed by atoms with Crippen molar-refractivity contribution in [2.24, 2.45) is 11.7 Å². The van der Waals surface area contributed by atoms with E-state index in [2.05, 4.69) is 0 Å². The van der Waals surface area contributed by atoms with Gasteiger partial charge in [-0.1, -0.05) is 24.6 Å². The summed E-state index contributed by atoms with van der Waals surface area (Å²) in [6.07, 6.45) is 0. The van der Waals surface area contributed by atoms with Gasteiger partial charge in [-0.25, -0.2) is 4.39 Å². The van der Waals surface area contributed by atoms with E-state index in [1.165, 1.54) is 12.1 Å². The second-order valence-corrected chi connectivity index (χ2v) is 4.70. The van der Waals surface area contributed by atoms with Crippen molar-refractivity contribution in [1.29, 1.82) is 5.41 Å². The van der Waals surface area contributed by atoms with Crippen LogP contribution in [0.15, 0.2) is 18.2 Å². The number of hydrogen-bond donors (Lipinski definition) is 2. The quantitative estimate of drug-likeness (QED) is 0.629. The highest BCUT2D eigenvalue weighted by atomic mass is 35.5. The van der Waals surface area contributed by atoms with Gasteiger partial charge in [-0.3, -0.25) is 5.41 Å². The number of nitrogens with one attached hydrogen (secondary N) is 1. The molecular weight excluding hydrogens is 241 g/mol. The van der Waals surface area contributed by atoms with Gasteiger partial charge in [-0.15, -0.1) is 0 Å². The van der Waals surface area contributed by atoms with Crippen molar-refractivity contribution in [3.8, 4) is 0 Å². The Morgan fingerprint density at radius 1 is 1.59 bits per heavy atom. The lowest BCUT2D eigenvalue weighted by Crippen LogP contribution is -2.31. The molecule has 1 aromatic rings. The highest BCUT2D eigenvalue weighted by Crippen LogP contribution is 2.18. The van der Waals surface area contributed by atoms with Crippen molar-refractivity contribution in [2.45, 2.75) is 13.5 Å². The molecule has 0 heterocycles. The molecule has 3 N–H and O–H groups in total. The third kappa shape index (κ3) is 4.32. The molecule has 0 amide bonds. The van der Waals surface area contributed by atoms with Crippen molar-refractivity contribution in [1.82, 2.24) is 4.90 Å². The molecule has 17 heavy (non-hydrogen) atoms. The molecule has 1 rings (SSSR count). The topological polar surface area (TPSA) is 53.1 Å². The monoisotopic (exact) mass is 257 g/mol. The van der Waals surface area contributed by atoms with E-state index < -0.39 is 0 Å². The van der Waals surface area contributed by atoms with E-state index in [4.69, 9.17) is 22.7 Å². The number of amidine groups is 1. The maximum absolute atomic E-state index is 12.9. The number of nitrogens with zero attached hydrogens (tertiary/aromatic N) is 1. The minimum atomic E-state index is -0.335. The van der Waals surface area contributed by atoms with Crippen LogP contribution in [0.4, 0.5) is 4.39 Å². The molecule has 0 saturated heterocycles. The van der Waals surface area contributed by atoms with Crippen molar-refractivity contribution in [2.75, 3.05) is 13.6 Å². The SMILES string of the molecule is CC(CN(C)Cc1ccc(F)cc1Cl)C(=N)N. The van der Waals surface area contributed by atoms with Crippen LogP contribution in [0, 0.1) is 17.1 Å². The van der Waals surface area contributed by atoms with Crippen molar-refractivity contribution in [3.63, 3.8) is 0 Å². The minimum Gasteiger partial charge on any atom is -0.387 e. The van der Waals surface area contributed by atoms with E-state index in [-0.39, 0.29) is 17.6 Å². The molecule has 0 aliphatic carbocycles. The van der Waals surface area contributed by atoms with Crippen LogP contribution in [-0.4, -0.2) is 24.3 Å². The lowest BCUT2D eigenvalue weighted by Gasteiger charge is -2.21. The predicted molar refractivity (Wildman–Crippen MR) is 68.8 cm³/mol. The predicted octanol–water partition coefficient (Wildman–Crippen LogP) is 2.48. The first-order chi connectivity index (χ1) is 7.90. The first-order valence-corrected chi connectivity index (χ1v) is 5.74. The summed E-state index contributed by atoms with van der Waals surface area (Å²) in [6, 6.07) is 4.37. The van der Waals surface area contributed by atoms with Gasteiger partial charge in [0.15, 0.2) is 0 Å². The van der Waals surface area contributed by atoms with Gasteiger partial charge in [0, 0.05) is 24.0 Å². The zero-order chi connectivity index (χ0) is 13.0. The fraction of sp³-hybridized carbons (Fsp3) is 0.417. The summed E-state index contributed by atoms with van der Waals surface area (Å²) in [6.45, 7) is 3.17. The Labute approximate surface area is 106 Å². The van der Waals surface area contributed by atoms with E-state index in [1.807, 2.05) is 18.9 Å². The minimum absolute atomic E-state index is 0.000719. The van der Waals surface area contributed by atoms with E-state index in [0.717, 1.165) is 5.56 Å². The van der Waals surface area contributed by atoms with Gasteiger partial charge >= 0.3 is 0 Å². The van der Waals surface area contributed by atoms with E-state index >= 15 is 0 Å². The average Bonchev–Trinajstić information content (AvgIpc) is 2.22. The van der Waals surface area contributed by atoms with Gasteiger partial charge in [0.2, 0.25) is 0 Å². The molecule has 0 aliphatic rings. The summed E-state index contributed by atoms with van der Waals surface area (Å²) in [5, 5.41) is 7.74. The Morgan fingerprint density at radius 2 is 2.24 bits per heavy atom. The third-order valence-electron chi connectivity index (χ3n) is 2.57. The maximum Gasteiger partial charge on any atom is 0.124 e. The van der Waals surface area contributed by atoms with Crippen LogP contribution in [0.2, 0.25) is 5.02 Å². The molecular formula is C12H17ClFN3. The number of hydrogen-bond acceptors (Lipinski definition) is 2. The fourth-order valence-corrected chi connectivity index (χ4v) is 1.80. The third-order valence-corrected chi connectivity index (χ3v) is 2.92. The average molecular weight is 258 g/mol. The molecule has 3 nitrogen and oxygen atoms in total. The number of halogens is 2. The molecule has 94 valence electrons. The van der Waals surface area contributed by atoms with Crippen molar-refractivity contribution >= 4 is 17.4 Å². The first-order valence-electron chi connectivity index (χ1n) is 5.36. The molecule has 1 atom stereocenters. The van der Waals surface area contributed by atoms with E-state index in [1.54, 1.807) is 6.07 Å². The summed E-state index contributed by atoms with van der Waals surface area (Å²) in [7, 11) is 1.92. The lowest BCUT2D eigenvalue weighted by atomic mass is 10.1. The number of benzene rings is 1. The van der Waals surface area contributed by atoms with E-state index in [9.17, 15) is 4.39 Å². The molecule has 1 unspecified atom stereocenters. The first kappa shape index (κ1) is 13.9. The van der Waals surface area contributed by atoms with Crippen LogP contribution in [0.3, 0.4) is 0 Å².